The lowest BCUT2D eigenvalue weighted by atomic mass is 9.80. The van der Waals surface area contributed by atoms with E-state index >= 15 is 0 Å². The fourth-order valence-corrected chi connectivity index (χ4v) is 2.56. The zero-order chi connectivity index (χ0) is 13.6. The van der Waals surface area contributed by atoms with E-state index in [0.29, 0.717) is 11.4 Å². The fraction of sp³-hybridized carbons (Fsp3) is 0.583. The Labute approximate surface area is 110 Å². The van der Waals surface area contributed by atoms with Crippen molar-refractivity contribution in [3.63, 3.8) is 0 Å². The third kappa shape index (κ3) is 3.07. The van der Waals surface area contributed by atoms with E-state index in [1.807, 2.05) is 6.92 Å². The molecule has 0 aromatic carbocycles. The van der Waals surface area contributed by atoms with Crippen LogP contribution in [-0.2, 0) is 20.7 Å². The van der Waals surface area contributed by atoms with Gasteiger partial charge in [-0.3, -0.25) is 9.59 Å². The molecule has 18 heavy (non-hydrogen) atoms. The maximum Gasteiger partial charge on any atom is 0.323 e. The summed E-state index contributed by atoms with van der Waals surface area (Å²) in [6.07, 6.45) is 2.54. The monoisotopic (exact) mass is 271 g/mol. The van der Waals surface area contributed by atoms with Crippen LogP contribution in [0, 0.1) is 5.41 Å². The lowest BCUT2D eigenvalue weighted by Crippen LogP contribution is -2.42. The Bertz CT molecular complexity index is 404. The number of hydrogen-bond donors (Lipinski definition) is 1. The van der Waals surface area contributed by atoms with E-state index in [1.54, 1.807) is 18.5 Å². The van der Waals surface area contributed by atoms with Gasteiger partial charge in [-0.1, -0.05) is 13.3 Å². The van der Waals surface area contributed by atoms with Gasteiger partial charge < -0.3 is 9.84 Å². The van der Waals surface area contributed by atoms with Crippen molar-refractivity contribution in [3.8, 4) is 0 Å². The van der Waals surface area contributed by atoms with Crippen LogP contribution in [0.3, 0.4) is 0 Å². The number of carbonyl (C=O) groups is 2. The molecular weight excluding hydrogens is 254 g/mol. The van der Waals surface area contributed by atoms with E-state index in [0.717, 1.165) is 0 Å². The molecule has 1 atom stereocenters. The summed E-state index contributed by atoms with van der Waals surface area (Å²) in [6.45, 7) is 3.69. The fourth-order valence-electron chi connectivity index (χ4n) is 1.83. The maximum atomic E-state index is 12.0. The predicted molar refractivity (Wildman–Crippen MR) is 67.4 cm³/mol. The first-order valence-electron chi connectivity index (χ1n) is 5.85. The normalized spacial score (nSPS) is 13.9. The van der Waals surface area contributed by atoms with Gasteiger partial charge in [-0.15, -0.1) is 11.3 Å². The number of hydrogen-bond acceptors (Lipinski definition) is 5. The summed E-state index contributed by atoms with van der Waals surface area (Å²) in [5.41, 5.74) is -1.51. The molecule has 100 valence electrons. The van der Waals surface area contributed by atoms with Gasteiger partial charge in [0.2, 0.25) is 0 Å². The highest BCUT2D eigenvalue weighted by Gasteiger charge is 2.47. The van der Waals surface area contributed by atoms with Gasteiger partial charge in [0.15, 0.2) is 5.41 Å². The number of ether oxygens (including phenoxy) is 1. The molecule has 0 spiro atoms. The molecule has 0 radical (unpaired) electrons. The number of aliphatic carboxylic acids is 1. The molecule has 1 heterocycles. The first-order chi connectivity index (χ1) is 8.56. The number of nitrogens with zero attached hydrogens (tertiary/aromatic N) is 1. The maximum absolute atomic E-state index is 12.0. The summed E-state index contributed by atoms with van der Waals surface area (Å²) in [6, 6.07) is 0. The van der Waals surface area contributed by atoms with Gasteiger partial charge in [0.1, 0.15) is 0 Å². The van der Waals surface area contributed by atoms with Crippen LogP contribution in [0.1, 0.15) is 31.7 Å². The molecule has 0 aliphatic rings. The summed E-state index contributed by atoms with van der Waals surface area (Å²) < 4.78 is 4.93. The average molecular weight is 271 g/mol. The SMILES string of the molecule is CCCC(Cc1nccs1)(C(=O)O)C(=O)OCC. The molecule has 1 rings (SSSR count). The minimum absolute atomic E-state index is 0.0900. The van der Waals surface area contributed by atoms with E-state index in [-0.39, 0.29) is 19.4 Å². The molecule has 0 bridgehead atoms. The van der Waals surface area contributed by atoms with Gasteiger partial charge in [-0.2, -0.15) is 0 Å². The van der Waals surface area contributed by atoms with Crippen LogP contribution in [0.5, 0.6) is 0 Å². The van der Waals surface area contributed by atoms with Crippen LogP contribution >= 0.6 is 11.3 Å². The van der Waals surface area contributed by atoms with Crippen molar-refractivity contribution in [2.75, 3.05) is 6.61 Å². The molecule has 0 aliphatic heterocycles. The van der Waals surface area contributed by atoms with Crippen molar-refractivity contribution in [3.05, 3.63) is 16.6 Å². The summed E-state index contributed by atoms with van der Waals surface area (Å²) >= 11 is 1.35. The van der Waals surface area contributed by atoms with E-state index < -0.39 is 17.4 Å². The summed E-state index contributed by atoms with van der Waals surface area (Å²) in [7, 11) is 0. The zero-order valence-electron chi connectivity index (χ0n) is 10.5. The number of thiazole rings is 1. The van der Waals surface area contributed by atoms with Crippen LogP contribution in [-0.4, -0.2) is 28.6 Å². The topological polar surface area (TPSA) is 76.5 Å². The largest absolute Gasteiger partial charge is 0.480 e. The van der Waals surface area contributed by atoms with E-state index in [2.05, 4.69) is 4.98 Å². The second-order valence-electron chi connectivity index (χ2n) is 3.96. The van der Waals surface area contributed by atoms with E-state index in [9.17, 15) is 14.7 Å². The highest BCUT2D eigenvalue weighted by molar-refractivity contribution is 7.09. The van der Waals surface area contributed by atoms with Gasteiger partial charge in [0.05, 0.1) is 11.6 Å². The predicted octanol–water partition coefficient (Wildman–Crippen LogP) is 2.12. The quantitative estimate of drug-likeness (QED) is 0.607. The van der Waals surface area contributed by atoms with Crippen LogP contribution in [0.2, 0.25) is 0 Å². The molecule has 5 nitrogen and oxygen atoms in total. The standard InChI is InChI=1S/C12H17NO4S/c1-3-5-12(10(14)15,11(16)17-4-2)8-9-13-6-7-18-9/h6-7H,3-5,8H2,1-2H3,(H,14,15). The lowest BCUT2D eigenvalue weighted by Gasteiger charge is -2.25. The Balaban J connectivity index is 3.04. The smallest absolute Gasteiger partial charge is 0.323 e. The number of aromatic nitrogens is 1. The molecule has 0 saturated carbocycles. The number of carbonyl (C=O) groups excluding carboxylic acids is 1. The zero-order valence-corrected chi connectivity index (χ0v) is 11.3. The minimum Gasteiger partial charge on any atom is -0.480 e. The Hall–Kier alpha value is -1.43. The molecule has 1 aromatic heterocycles. The molecular formula is C12H17NO4S. The van der Waals surface area contributed by atoms with Crippen LogP contribution < -0.4 is 0 Å². The van der Waals surface area contributed by atoms with Crippen LogP contribution in [0.15, 0.2) is 11.6 Å². The van der Waals surface area contributed by atoms with E-state index in [4.69, 9.17) is 4.74 Å². The molecule has 0 fully saturated rings. The third-order valence-corrected chi connectivity index (χ3v) is 3.47. The number of carboxylic acids is 1. The van der Waals surface area contributed by atoms with Gasteiger partial charge in [0, 0.05) is 18.0 Å². The summed E-state index contributed by atoms with van der Waals surface area (Å²) in [4.78, 5) is 27.6. The molecule has 0 amide bonds. The van der Waals surface area contributed by atoms with Gasteiger partial charge in [0.25, 0.3) is 0 Å². The molecule has 0 saturated heterocycles. The van der Waals surface area contributed by atoms with Crippen molar-refractivity contribution >= 4 is 23.3 Å². The Morgan fingerprint density at radius 2 is 2.22 bits per heavy atom. The highest BCUT2D eigenvalue weighted by Crippen LogP contribution is 2.31. The van der Waals surface area contributed by atoms with Gasteiger partial charge >= 0.3 is 11.9 Å². The third-order valence-electron chi connectivity index (χ3n) is 2.69. The number of esters is 1. The van der Waals surface area contributed by atoms with Crippen molar-refractivity contribution < 1.29 is 19.4 Å². The van der Waals surface area contributed by atoms with Crippen LogP contribution in [0.25, 0.3) is 0 Å². The highest BCUT2D eigenvalue weighted by atomic mass is 32.1. The second kappa shape index (κ2) is 6.49. The lowest BCUT2D eigenvalue weighted by molar-refractivity contribution is -0.169. The van der Waals surface area contributed by atoms with Gasteiger partial charge in [-0.25, -0.2) is 4.98 Å². The summed E-state index contributed by atoms with van der Waals surface area (Å²) in [5, 5.41) is 11.8. The van der Waals surface area contributed by atoms with Crippen molar-refractivity contribution in [1.29, 1.82) is 0 Å². The number of carboxylic acid groups (broad SMARTS) is 1. The molecule has 1 aromatic rings. The van der Waals surface area contributed by atoms with E-state index in [1.165, 1.54) is 11.3 Å². The number of rotatable bonds is 7. The molecule has 1 N–H and O–H groups in total. The Morgan fingerprint density at radius 3 is 2.67 bits per heavy atom. The first-order valence-corrected chi connectivity index (χ1v) is 6.73. The molecule has 0 aliphatic carbocycles. The molecule has 6 heteroatoms. The second-order valence-corrected chi connectivity index (χ2v) is 4.94. The average Bonchev–Trinajstić information content (AvgIpc) is 2.81. The van der Waals surface area contributed by atoms with Gasteiger partial charge in [-0.05, 0) is 13.3 Å². The van der Waals surface area contributed by atoms with Crippen molar-refractivity contribution in [2.24, 2.45) is 5.41 Å². The minimum atomic E-state index is -1.51. The Kier molecular flexibility index (Phi) is 5.27. The van der Waals surface area contributed by atoms with Crippen LogP contribution in [0.4, 0.5) is 0 Å². The van der Waals surface area contributed by atoms with Crippen molar-refractivity contribution in [1.82, 2.24) is 4.98 Å². The first kappa shape index (κ1) is 14.6. The summed E-state index contributed by atoms with van der Waals surface area (Å²) in [5.74, 6) is -1.81. The molecule has 1 unspecified atom stereocenters. The van der Waals surface area contributed by atoms with Crippen molar-refractivity contribution in [2.45, 2.75) is 33.1 Å². The Morgan fingerprint density at radius 1 is 1.50 bits per heavy atom.